The van der Waals surface area contributed by atoms with Crippen molar-refractivity contribution in [2.75, 3.05) is 33.5 Å². The van der Waals surface area contributed by atoms with Crippen LogP contribution in [0.4, 0.5) is 0 Å². The van der Waals surface area contributed by atoms with Crippen LogP contribution in [0.5, 0.6) is 0 Å². The highest BCUT2D eigenvalue weighted by molar-refractivity contribution is 5.70. The molecule has 0 saturated heterocycles. The Bertz CT molecular complexity index is 169. The van der Waals surface area contributed by atoms with Gasteiger partial charge in [0.15, 0.2) is 0 Å². The molecule has 0 fully saturated rings. The molecular weight excluding hydrogens is 200 g/mol. The molecule has 0 radical (unpaired) electrons. The van der Waals surface area contributed by atoms with Gasteiger partial charge in [-0.3, -0.25) is 0 Å². The van der Waals surface area contributed by atoms with Crippen molar-refractivity contribution in [2.45, 2.75) is 20.0 Å². The molecule has 0 spiro atoms. The summed E-state index contributed by atoms with van der Waals surface area (Å²) in [4.78, 5) is 10.6. The number of hydrogen-bond acceptors (Lipinski definition) is 5. The van der Waals surface area contributed by atoms with Crippen LogP contribution in [0.3, 0.4) is 0 Å². The fourth-order valence-electron chi connectivity index (χ4n) is 1.01. The maximum absolute atomic E-state index is 10.6. The molecule has 1 unspecified atom stereocenters. The van der Waals surface area contributed by atoms with Crippen LogP contribution in [0.2, 0.25) is 0 Å². The monoisotopic (exact) mass is 219 g/mol. The molecule has 0 N–H and O–H groups in total. The van der Waals surface area contributed by atoms with E-state index in [2.05, 4.69) is 0 Å². The van der Waals surface area contributed by atoms with Crippen LogP contribution < -0.4 is 5.11 Å². The Hall–Kier alpha value is -0.650. The average molecular weight is 219 g/mol. The number of methoxy groups -OCH3 is 1. The first kappa shape index (κ1) is 14.3. The lowest BCUT2D eigenvalue weighted by Crippen LogP contribution is -2.41. The molecule has 90 valence electrons. The lowest BCUT2D eigenvalue weighted by Gasteiger charge is -2.22. The van der Waals surface area contributed by atoms with Gasteiger partial charge in [-0.2, -0.15) is 0 Å². The van der Waals surface area contributed by atoms with Crippen molar-refractivity contribution in [3.8, 4) is 0 Å². The van der Waals surface area contributed by atoms with E-state index >= 15 is 0 Å². The van der Waals surface area contributed by atoms with Gasteiger partial charge in [0, 0.05) is 7.11 Å². The van der Waals surface area contributed by atoms with Crippen molar-refractivity contribution in [3.63, 3.8) is 0 Å². The lowest BCUT2D eigenvalue weighted by atomic mass is 10.1. The second kappa shape index (κ2) is 8.64. The van der Waals surface area contributed by atoms with E-state index in [0.29, 0.717) is 19.8 Å². The number of aliphatic carboxylic acids is 1. The van der Waals surface area contributed by atoms with Crippen LogP contribution in [0.15, 0.2) is 0 Å². The maximum Gasteiger partial charge on any atom is 0.0992 e. The summed E-state index contributed by atoms with van der Waals surface area (Å²) in [6.45, 7) is 5.16. The third kappa shape index (κ3) is 7.30. The van der Waals surface area contributed by atoms with Crippen LogP contribution in [0, 0.1) is 5.92 Å². The number of carbonyl (C=O) groups is 1. The first-order valence-electron chi connectivity index (χ1n) is 4.98. The van der Waals surface area contributed by atoms with Crippen molar-refractivity contribution in [1.82, 2.24) is 0 Å². The third-order valence-corrected chi connectivity index (χ3v) is 1.79. The molecule has 15 heavy (non-hydrogen) atoms. The van der Waals surface area contributed by atoms with E-state index in [0.717, 1.165) is 0 Å². The Labute approximate surface area is 90.3 Å². The van der Waals surface area contributed by atoms with E-state index in [-0.39, 0.29) is 12.5 Å². The zero-order valence-electron chi connectivity index (χ0n) is 9.52. The predicted octanol–water partition coefficient (Wildman–Crippen LogP) is -0.559. The summed E-state index contributed by atoms with van der Waals surface area (Å²) in [6.07, 6.45) is -0.865. The number of carboxylic acids is 1. The lowest BCUT2D eigenvalue weighted by molar-refractivity contribution is -0.319. The number of hydrogen-bond donors (Lipinski definition) is 0. The summed E-state index contributed by atoms with van der Waals surface area (Å²) in [5.74, 6) is -1.28. The normalized spacial score (nSPS) is 13.1. The minimum Gasteiger partial charge on any atom is -0.547 e. The van der Waals surface area contributed by atoms with Gasteiger partial charge in [0.1, 0.15) is 0 Å². The molecule has 1 atom stereocenters. The van der Waals surface area contributed by atoms with Gasteiger partial charge in [-0.25, -0.2) is 0 Å². The van der Waals surface area contributed by atoms with Crippen molar-refractivity contribution in [1.29, 1.82) is 0 Å². The topological polar surface area (TPSA) is 67.8 Å². The number of carbonyl (C=O) groups excluding carboxylic acids is 1. The van der Waals surface area contributed by atoms with Crippen LogP contribution in [-0.2, 0) is 19.0 Å². The zero-order valence-corrected chi connectivity index (χ0v) is 9.52. The Morgan fingerprint density at radius 1 is 1.20 bits per heavy atom. The Balaban J connectivity index is 3.50. The second-order valence-corrected chi connectivity index (χ2v) is 3.46. The summed E-state index contributed by atoms with van der Waals surface area (Å²) >= 11 is 0. The molecular formula is C10H19O5-. The second-order valence-electron chi connectivity index (χ2n) is 3.46. The molecule has 0 saturated carbocycles. The average Bonchev–Trinajstić information content (AvgIpc) is 2.15. The molecule has 0 aliphatic carbocycles. The standard InChI is InChI=1S/C10H20O5/c1-8(2)9(10(11)12)15-7-6-14-5-4-13-3/h8-9H,4-7H2,1-3H3,(H,11,12)/p-1. The fraction of sp³-hybridized carbons (Fsp3) is 0.900. The molecule has 0 aromatic rings. The van der Waals surface area contributed by atoms with Gasteiger partial charge in [-0.15, -0.1) is 0 Å². The van der Waals surface area contributed by atoms with E-state index < -0.39 is 12.1 Å². The van der Waals surface area contributed by atoms with E-state index in [1.807, 2.05) is 0 Å². The molecule has 0 bridgehead atoms. The summed E-state index contributed by atoms with van der Waals surface area (Å²) in [5.41, 5.74) is 0. The van der Waals surface area contributed by atoms with Gasteiger partial charge in [-0.1, -0.05) is 13.8 Å². The molecule has 5 nitrogen and oxygen atoms in total. The van der Waals surface area contributed by atoms with E-state index in [4.69, 9.17) is 14.2 Å². The molecule has 0 rings (SSSR count). The summed E-state index contributed by atoms with van der Waals surface area (Å²) < 4.78 is 15.0. The van der Waals surface area contributed by atoms with Crippen molar-refractivity contribution < 1.29 is 24.1 Å². The van der Waals surface area contributed by atoms with Crippen LogP contribution >= 0.6 is 0 Å². The van der Waals surface area contributed by atoms with Crippen molar-refractivity contribution in [2.24, 2.45) is 5.92 Å². The third-order valence-electron chi connectivity index (χ3n) is 1.79. The Morgan fingerprint density at radius 2 is 1.80 bits per heavy atom. The van der Waals surface area contributed by atoms with E-state index in [1.165, 1.54) is 0 Å². The van der Waals surface area contributed by atoms with E-state index in [1.54, 1.807) is 21.0 Å². The molecule has 0 heterocycles. The smallest absolute Gasteiger partial charge is 0.0992 e. The fourth-order valence-corrected chi connectivity index (χ4v) is 1.01. The van der Waals surface area contributed by atoms with Crippen LogP contribution in [0.25, 0.3) is 0 Å². The summed E-state index contributed by atoms with van der Waals surface area (Å²) in [5, 5.41) is 10.6. The van der Waals surface area contributed by atoms with E-state index in [9.17, 15) is 9.90 Å². The van der Waals surface area contributed by atoms with Gasteiger partial charge in [0.25, 0.3) is 0 Å². The molecule has 0 aromatic carbocycles. The number of ether oxygens (including phenoxy) is 3. The van der Waals surface area contributed by atoms with Gasteiger partial charge in [-0.05, 0) is 5.92 Å². The van der Waals surface area contributed by atoms with Crippen molar-refractivity contribution in [3.05, 3.63) is 0 Å². The highest BCUT2D eigenvalue weighted by Gasteiger charge is 2.14. The van der Waals surface area contributed by atoms with Gasteiger partial charge < -0.3 is 24.1 Å². The molecule has 0 aromatic heterocycles. The molecule has 0 aliphatic rings. The van der Waals surface area contributed by atoms with Gasteiger partial charge in [0.05, 0.1) is 38.5 Å². The van der Waals surface area contributed by atoms with Crippen LogP contribution in [0.1, 0.15) is 13.8 Å². The molecule has 5 heteroatoms. The minimum atomic E-state index is -1.18. The highest BCUT2D eigenvalue weighted by Crippen LogP contribution is 2.05. The minimum absolute atomic E-state index is 0.103. The first-order chi connectivity index (χ1) is 7.09. The van der Waals surface area contributed by atoms with Gasteiger partial charge >= 0.3 is 0 Å². The molecule has 0 amide bonds. The Kier molecular flexibility index (Phi) is 8.27. The number of carboxylic acid groups (broad SMARTS) is 1. The zero-order chi connectivity index (χ0) is 11.7. The number of rotatable bonds is 9. The quantitative estimate of drug-likeness (QED) is 0.486. The largest absolute Gasteiger partial charge is 0.547 e. The van der Waals surface area contributed by atoms with Crippen molar-refractivity contribution >= 4 is 5.97 Å². The van der Waals surface area contributed by atoms with Crippen LogP contribution in [-0.4, -0.2) is 45.6 Å². The maximum atomic E-state index is 10.6. The Morgan fingerprint density at radius 3 is 2.27 bits per heavy atom. The predicted molar refractivity (Wildman–Crippen MR) is 52.3 cm³/mol. The summed E-state index contributed by atoms with van der Waals surface area (Å²) in [7, 11) is 1.59. The highest BCUT2D eigenvalue weighted by atomic mass is 16.6. The SMILES string of the molecule is COCCOCCOC(C(=O)[O-])C(C)C. The molecule has 0 aliphatic heterocycles. The summed E-state index contributed by atoms with van der Waals surface area (Å²) in [6, 6.07) is 0. The van der Waals surface area contributed by atoms with Gasteiger partial charge in [0.2, 0.25) is 0 Å². The first-order valence-corrected chi connectivity index (χ1v) is 4.98.